The van der Waals surface area contributed by atoms with Crippen LogP contribution in [0.4, 0.5) is 25.1 Å². The standard InChI is InChI=1S/C23H19F2N5O3.2ClH/c24-15-5-3-14(4-6-15)12-21(31)30-23(32)29-16-7-8-20(18(25)13-16)33-19-9-11-28-22(27)17(19)2-1-10-26;;/h3-9,11,13H,10,12,26H2,(H2,27,28)(H2,29,30,31,32);2*1H. The van der Waals surface area contributed by atoms with Crippen LogP contribution < -0.4 is 26.8 Å². The number of nitrogens with two attached hydrogens (primary N) is 2. The zero-order valence-electron chi connectivity index (χ0n) is 18.0. The molecule has 12 heteroatoms. The Bertz CT molecular complexity index is 1250. The second-order valence-electron chi connectivity index (χ2n) is 6.63. The molecule has 0 radical (unpaired) electrons. The number of hydrogen-bond donors (Lipinski definition) is 4. The lowest BCUT2D eigenvalue weighted by Gasteiger charge is -2.11. The number of aromatic nitrogens is 1. The molecule has 0 fully saturated rings. The molecule has 3 aromatic rings. The van der Waals surface area contributed by atoms with Crippen molar-refractivity contribution in [2.75, 3.05) is 17.6 Å². The van der Waals surface area contributed by atoms with Crippen LogP contribution in [0.2, 0.25) is 0 Å². The van der Waals surface area contributed by atoms with Gasteiger partial charge in [0, 0.05) is 24.0 Å². The summed E-state index contributed by atoms with van der Waals surface area (Å²) in [5.74, 6) is 3.69. The molecule has 0 saturated carbocycles. The number of nitrogens with one attached hydrogen (secondary N) is 2. The molecule has 0 aliphatic rings. The molecule has 35 heavy (non-hydrogen) atoms. The molecular weight excluding hydrogens is 503 g/mol. The normalized spacial score (nSPS) is 9.46. The van der Waals surface area contributed by atoms with Crippen molar-refractivity contribution in [2.45, 2.75) is 6.42 Å². The van der Waals surface area contributed by atoms with E-state index < -0.39 is 23.6 Å². The average Bonchev–Trinajstić information content (AvgIpc) is 2.76. The highest BCUT2D eigenvalue weighted by molar-refractivity contribution is 6.01. The first-order valence-electron chi connectivity index (χ1n) is 9.62. The van der Waals surface area contributed by atoms with Gasteiger partial charge in [0.1, 0.15) is 22.9 Å². The molecule has 1 aromatic heterocycles. The number of hydrogen-bond acceptors (Lipinski definition) is 6. The number of urea groups is 1. The molecule has 1 heterocycles. The third kappa shape index (κ3) is 8.42. The van der Waals surface area contributed by atoms with Crippen LogP contribution in [-0.2, 0) is 11.2 Å². The number of amides is 3. The molecule has 0 atom stereocenters. The Labute approximate surface area is 212 Å². The number of pyridine rings is 1. The number of carbonyl (C=O) groups is 2. The summed E-state index contributed by atoms with van der Waals surface area (Å²) in [7, 11) is 0. The predicted octanol–water partition coefficient (Wildman–Crippen LogP) is 3.78. The molecule has 0 unspecified atom stereocenters. The van der Waals surface area contributed by atoms with Gasteiger partial charge in [0.25, 0.3) is 0 Å². The smallest absolute Gasteiger partial charge is 0.325 e. The van der Waals surface area contributed by atoms with Gasteiger partial charge in [-0.15, -0.1) is 24.8 Å². The van der Waals surface area contributed by atoms with Gasteiger partial charge in [-0.05, 0) is 29.8 Å². The monoisotopic (exact) mass is 523 g/mol. The number of nitrogens with zero attached hydrogens (tertiary/aromatic N) is 1. The summed E-state index contributed by atoms with van der Waals surface area (Å²) in [5, 5.41) is 4.47. The summed E-state index contributed by atoms with van der Waals surface area (Å²) in [6.45, 7) is 0.0942. The molecule has 6 N–H and O–H groups in total. The number of imide groups is 1. The SMILES string of the molecule is Cl.Cl.NCC#Cc1c(Oc2ccc(NC(=O)NC(=O)Cc3ccc(F)cc3)cc2F)ccnc1N. The molecule has 2 aromatic carbocycles. The van der Waals surface area contributed by atoms with Crippen molar-refractivity contribution < 1.29 is 23.1 Å². The molecule has 0 saturated heterocycles. The number of rotatable bonds is 5. The number of ether oxygens (including phenoxy) is 1. The van der Waals surface area contributed by atoms with E-state index in [0.29, 0.717) is 5.56 Å². The third-order valence-corrected chi connectivity index (χ3v) is 4.20. The van der Waals surface area contributed by atoms with Gasteiger partial charge in [0.2, 0.25) is 5.91 Å². The molecule has 0 aliphatic heterocycles. The van der Waals surface area contributed by atoms with Gasteiger partial charge < -0.3 is 21.5 Å². The second-order valence-corrected chi connectivity index (χ2v) is 6.63. The van der Waals surface area contributed by atoms with E-state index in [1.54, 1.807) is 0 Å². The Morgan fingerprint density at radius 2 is 1.74 bits per heavy atom. The second kappa shape index (κ2) is 13.7. The van der Waals surface area contributed by atoms with Gasteiger partial charge in [-0.2, -0.15) is 0 Å². The maximum atomic E-state index is 14.6. The largest absolute Gasteiger partial charge is 0.453 e. The Hall–Kier alpha value is -3.91. The fourth-order valence-corrected chi connectivity index (χ4v) is 2.71. The van der Waals surface area contributed by atoms with E-state index >= 15 is 0 Å². The van der Waals surface area contributed by atoms with E-state index in [9.17, 15) is 18.4 Å². The third-order valence-electron chi connectivity index (χ3n) is 4.20. The van der Waals surface area contributed by atoms with Crippen LogP contribution in [0.25, 0.3) is 0 Å². The lowest BCUT2D eigenvalue weighted by molar-refractivity contribution is -0.119. The van der Waals surface area contributed by atoms with Crippen LogP contribution >= 0.6 is 24.8 Å². The van der Waals surface area contributed by atoms with Crippen molar-refractivity contribution in [3.8, 4) is 23.3 Å². The maximum Gasteiger partial charge on any atom is 0.325 e. The zero-order chi connectivity index (χ0) is 23.8. The highest BCUT2D eigenvalue weighted by Gasteiger charge is 2.13. The zero-order valence-corrected chi connectivity index (χ0v) is 19.6. The Kier molecular flexibility index (Phi) is 11.4. The van der Waals surface area contributed by atoms with Gasteiger partial charge in [-0.25, -0.2) is 18.6 Å². The van der Waals surface area contributed by atoms with Crippen molar-refractivity contribution in [1.29, 1.82) is 0 Å². The van der Waals surface area contributed by atoms with Crippen molar-refractivity contribution in [2.24, 2.45) is 5.73 Å². The van der Waals surface area contributed by atoms with Gasteiger partial charge >= 0.3 is 6.03 Å². The molecule has 8 nitrogen and oxygen atoms in total. The maximum absolute atomic E-state index is 14.6. The van der Waals surface area contributed by atoms with Crippen LogP contribution in [0.1, 0.15) is 11.1 Å². The molecule has 0 aliphatic carbocycles. The van der Waals surface area contributed by atoms with Crippen molar-refractivity contribution in [3.63, 3.8) is 0 Å². The van der Waals surface area contributed by atoms with Crippen LogP contribution in [0.5, 0.6) is 11.5 Å². The topological polar surface area (TPSA) is 132 Å². The minimum atomic E-state index is -0.851. The molecule has 3 amide bonds. The quantitative estimate of drug-likeness (QED) is 0.376. The molecule has 0 bridgehead atoms. The van der Waals surface area contributed by atoms with E-state index in [1.165, 1.54) is 48.7 Å². The fourth-order valence-electron chi connectivity index (χ4n) is 2.71. The molecular formula is C23H21Cl2F2N5O3. The summed E-state index contributed by atoms with van der Waals surface area (Å²) in [4.78, 5) is 27.9. The van der Waals surface area contributed by atoms with Crippen LogP contribution in [-0.4, -0.2) is 23.5 Å². The predicted molar refractivity (Wildman–Crippen MR) is 133 cm³/mol. The fraction of sp³-hybridized carbons (Fsp3) is 0.0870. The number of nitrogen functional groups attached to an aromatic ring is 1. The van der Waals surface area contributed by atoms with E-state index in [-0.39, 0.29) is 66.3 Å². The van der Waals surface area contributed by atoms with Gasteiger partial charge in [0.15, 0.2) is 11.6 Å². The first-order valence-corrected chi connectivity index (χ1v) is 9.62. The first-order chi connectivity index (χ1) is 15.9. The highest BCUT2D eigenvalue weighted by atomic mass is 35.5. The van der Waals surface area contributed by atoms with Gasteiger partial charge in [-0.1, -0.05) is 24.0 Å². The number of carbonyl (C=O) groups excluding carboxylic acids is 2. The van der Waals surface area contributed by atoms with E-state index in [4.69, 9.17) is 16.2 Å². The van der Waals surface area contributed by atoms with Crippen LogP contribution in [0, 0.1) is 23.5 Å². The Morgan fingerprint density at radius 1 is 1.03 bits per heavy atom. The summed E-state index contributed by atoms with van der Waals surface area (Å²) in [6, 6.07) is 9.62. The van der Waals surface area contributed by atoms with E-state index in [0.717, 1.165) is 6.07 Å². The molecule has 184 valence electrons. The summed E-state index contributed by atoms with van der Waals surface area (Å²) < 4.78 is 33.0. The summed E-state index contributed by atoms with van der Waals surface area (Å²) in [6.07, 6.45) is 1.26. The van der Waals surface area contributed by atoms with Crippen molar-refractivity contribution in [1.82, 2.24) is 10.3 Å². The van der Waals surface area contributed by atoms with E-state index in [2.05, 4.69) is 27.5 Å². The lowest BCUT2D eigenvalue weighted by atomic mass is 10.1. The van der Waals surface area contributed by atoms with Crippen molar-refractivity contribution in [3.05, 3.63) is 77.5 Å². The minimum absolute atomic E-state index is 0. The summed E-state index contributed by atoms with van der Waals surface area (Å²) in [5.41, 5.74) is 12.1. The van der Waals surface area contributed by atoms with Crippen LogP contribution in [0.3, 0.4) is 0 Å². The lowest BCUT2D eigenvalue weighted by Crippen LogP contribution is -2.35. The van der Waals surface area contributed by atoms with Crippen molar-refractivity contribution >= 4 is 48.3 Å². The highest BCUT2D eigenvalue weighted by Crippen LogP contribution is 2.30. The van der Waals surface area contributed by atoms with Gasteiger partial charge in [-0.3, -0.25) is 10.1 Å². The molecule has 3 rings (SSSR count). The summed E-state index contributed by atoms with van der Waals surface area (Å²) >= 11 is 0. The van der Waals surface area contributed by atoms with Gasteiger partial charge in [0.05, 0.1) is 13.0 Å². The van der Waals surface area contributed by atoms with Crippen LogP contribution in [0.15, 0.2) is 54.7 Å². The van der Waals surface area contributed by atoms with E-state index in [1.807, 2.05) is 0 Å². The minimum Gasteiger partial charge on any atom is -0.453 e. The first kappa shape index (κ1) is 29.1. The number of halogens is 4. The number of benzene rings is 2. The number of anilines is 2. The Balaban J connectivity index is 0.00000306. The average molecular weight is 524 g/mol. The Morgan fingerprint density at radius 3 is 2.40 bits per heavy atom. The molecule has 0 spiro atoms.